The summed E-state index contributed by atoms with van der Waals surface area (Å²) in [5, 5.41) is 17.3. The Bertz CT molecular complexity index is 8030. The molecule has 11 heterocycles. The lowest BCUT2D eigenvalue weighted by Crippen LogP contribution is -2.65. The molecule has 0 radical (unpaired) electrons. The summed E-state index contributed by atoms with van der Waals surface area (Å²) in [6.45, 7) is 19.6. The quantitative estimate of drug-likeness (QED) is 0.137. The van der Waals surface area contributed by atoms with Gasteiger partial charge in [-0.3, -0.25) is 8.61 Å². The number of ether oxygens (including phenoxy) is 1. The number of fused-ring (bicyclic) bond motifs is 29. The maximum absolute atomic E-state index is 8.03. The van der Waals surface area contributed by atoms with E-state index in [2.05, 4.69) is 336 Å². The average molecular weight is 1520 g/mol. The summed E-state index contributed by atoms with van der Waals surface area (Å²) < 4.78 is 26.0. The van der Waals surface area contributed by atoms with E-state index >= 15 is 0 Å². The average Bonchev–Trinajstić information content (AvgIpc) is 1.34. The topological polar surface area (TPSA) is 52.4 Å². The maximum Gasteiger partial charge on any atom is 0.256 e. The lowest BCUT2D eigenvalue weighted by molar-refractivity contribution is 0.487. The molecule has 0 spiro atoms. The first-order valence-electron chi connectivity index (χ1n) is 40.8. The fourth-order valence-electron chi connectivity index (χ4n) is 22.8. The Kier molecular flexibility index (Phi) is 12.3. The Morgan fingerprint density at radius 3 is 1.19 bits per heavy atom. The summed E-state index contributed by atoms with van der Waals surface area (Å²) in [4.78, 5) is 0. The van der Waals surface area contributed by atoms with Gasteiger partial charge in [0.05, 0.1) is 78.3 Å². The second-order valence-corrected chi connectivity index (χ2v) is 36.2. The van der Waals surface area contributed by atoms with Crippen LogP contribution in [0.4, 0.5) is 34.1 Å². The Balaban J connectivity index is 0.738. The summed E-state index contributed by atoms with van der Waals surface area (Å²) in [5.41, 5.74) is 50.7. The van der Waals surface area contributed by atoms with E-state index in [0.29, 0.717) is 0 Å². The van der Waals surface area contributed by atoms with E-state index in [-0.39, 0.29) is 20.1 Å². The zero-order valence-corrected chi connectivity index (χ0v) is 67.8. The van der Waals surface area contributed by atoms with Crippen molar-refractivity contribution in [3.63, 3.8) is 0 Å². The molecule has 0 saturated heterocycles. The lowest BCUT2D eigenvalue weighted by Gasteiger charge is -2.43. The van der Waals surface area contributed by atoms with Crippen molar-refractivity contribution in [2.24, 2.45) is 0 Å². The first-order valence-corrected chi connectivity index (χ1v) is 43.2. The minimum Gasteiger partial charge on any atom is -0.458 e. The van der Waals surface area contributed by atoms with Gasteiger partial charge in [-0.1, -0.05) is 123 Å². The highest BCUT2D eigenvalue weighted by molar-refractivity contribution is 8.00. The summed E-state index contributed by atoms with van der Waals surface area (Å²) in [6.07, 6.45) is 5.53. The maximum atomic E-state index is 8.03. The van der Waals surface area contributed by atoms with Gasteiger partial charge in [0.2, 0.25) is 0 Å². The van der Waals surface area contributed by atoms with Crippen LogP contribution in [-0.4, -0.2) is 55.5 Å². The van der Waals surface area contributed by atoms with Crippen molar-refractivity contribution in [1.29, 1.82) is 0 Å². The monoisotopic (exact) mass is 1520 g/mol. The Morgan fingerprint density at radius 2 is 0.672 bits per heavy atom. The predicted molar refractivity (Wildman–Crippen MR) is 498 cm³/mol. The zero-order chi connectivity index (χ0) is 77.1. The van der Waals surface area contributed by atoms with Crippen LogP contribution in [0.3, 0.4) is 0 Å². The van der Waals surface area contributed by atoms with Crippen molar-refractivity contribution in [1.82, 2.24) is 22.8 Å². The predicted octanol–water partition coefficient (Wildman–Crippen LogP) is 19.6. The molecular formula is C102H73B3N8OS2. The molecule has 27 rings (SSSR count). The normalized spacial score (nSPS) is 14.1. The van der Waals surface area contributed by atoms with Crippen LogP contribution < -0.4 is 67.8 Å². The molecule has 14 heteroatoms. The first kappa shape index (κ1) is 64.7. The standard InChI is InChI=1S/C102H73B3N8OS2/c1-50-12-20-81-64(28-50)65-29-51(2)13-21-82(65)107(81)60-40-80-98-91(41-60)110-87-26-18-56(7)34-70(87)71-36-58(9)37-77(101(71)110)103(98)73-46-74-89(48-79(73)106-80)112(115-10)94-44-62(109-85-24-16-54(5)32-68(85)69-33-55(6)17-25-86(69)109)45-96-100(94)104(74)76-47-75-90(49-95(76)114-96)113(116-11)93-43-61(108-83-22-14-52(3)30-66(83)67-31-53(4)15-23-84(67)108)42-92-99(93)105(75)78-39-59-38-63(59)97-72-35-57(8)19-27-88(72)111(92)102(78)97/h12-37,39-49,106H,38H2,1-11H3. The van der Waals surface area contributed by atoms with Crippen LogP contribution in [0, 0.1) is 62.3 Å². The van der Waals surface area contributed by atoms with Gasteiger partial charge in [0, 0.05) is 118 Å². The number of hydrogen-bond acceptors (Lipinski definition) is 6. The van der Waals surface area contributed by atoms with Crippen LogP contribution in [0.25, 0.3) is 137 Å². The summed E-state index contributed by atoms with van der Waals surface area (Å²) in [5.74, 6) is 1.75. The second-order valence-electron chi connectivity index (χ2n) is 34.7. The second kappa shape index (κ2) is 22.1. The molecule has 0 atom stereocenters. The van der Waals surface area contributed by atoms with Crippen molar-refractivity contribution < 1.29 is 4.74 Å². The fourth-order valence-corrected chi connectivity index (χ4v) is 24.2. The number of anilines is 6. The van der Waals surface area contributed by atoms with Crippen molar-refractivity contribution in [2.75, 3.05) is 26.4 Å². The highest BCUT2D eigenvalue weighted by Gasteiger charge is 2.50. The van der Waals surface area contributed by atoms with E-state index in [1.165, 1.54) is 236 Å². The molecule has 9 nitrogen and oxygen atoms in total. The van der Waals surface area contributed by atoms with Gasteiger partial charge in [0.15, 0.2) is 0 Å². The van der Waals surface area contributed by atoms with Crippen LogP contribution in [-0.2, 0) is 6.42 Å². The van der Waals surface area contributed by atoms with Gasteiger partial charge in [-0.15, -0.1) is 0 Å². The number of hydrogen-bond donors (Lipinski definition) is 1. The minimum absolute atomic E-state index is 0.117. The minimum atomic E-state index is -0.253. The van der Waals surface area contributed by atoms with Gasteiger partial charge < -0.3 is 32.9 Å². The van der Waals surface area contributed by atoms with E-state index in [4.69, 9.17) is 4.74 Å². The molecule has 548 valence electrons. The number of nitrogens with one attached hydrogen (secondary N) is 1. The van der Waals surface area contributed by atoms with Gasteiger partial charge >= 0.3 is 0 Å². The highest BCUT2D eigenvalue weighted by Crippen LogP contribution is 2.51. The molecule has 5 aromatic heterocycles. The number of rotatable bonds is 5. The third kappa shape index (κ3) is 8.18. The summed E-state index contributed by atoms with van der Waals surface area (Å²) in [7, 11) is 0. The number of aromatic nitrogens is 5. The molecule has 0 fully saturated rings. The van der Waals surface area contributed by atoms with E-state index in [0.717, 1.165) is 63.4 Å². The molecule has 0 amide bonds. The highest BCUT2D eigenvalue weighted by atomic mass is 32.2. The van der Waals surface area contributed by atoms with Gasteiger partial charge in [0.25, 0.3) is 20.1 Å². The van der Waals surface area contributed by atoms with Crippen LogP contribution >= 0.6 is 23.9 Å². The van der Waals surface area contributed by atoms with E-state index < -0.39 is 0 Å². The molecule has 0 unspecified atom stereocenters. The molecule has 1 N–H and O–H groups in total. The van der Waals surface area contributed by atoms with Crippen molar-refractivity contribution in [3.8, 4) is 39.9 Å². The molecule has 1 aliphatic carbocycles. The molecule has 0 bridgehead atoms. The summed E-state index contributed by atoms with van der Waals surface area (Å²) >= 11 is 3.58. The smallest absolute Gasteiger partial charge is 0.256 e. The first-order chi connectivity index (χ1) is 56.6. The van der Waals surface area contributed by atoms with E-state index in [1.54, 1.807) is 23.9 Å². The van der Waals surface area contributed by atoms with Gasteiger partial charge in [-0.25, -0.2) is 0 Å². The SMILES string of the molecule is CSN1c2cc3c(cc2B2c4cc5c(cc4Oc4cc(-n6c7ccc(C)cc7c7cc(C)ccc76)cc1c42)N(SC)c1cc(-n2c4ccc(C)cc4c4cc(C)ccc42)cc2c1B5c1cc4c(c5c6cc(C)ccc6n-2c15)C4)B1c2c(cc(-n4c5ccc(C)cc5c5cc(C)ccc54)cc2-n2c4ccc(C)cc4c4cc(C)cc1c42)N3. The molecule has 15 aromatic carbocycles. The van der Waals surface area contributed by atoms with E-state index in [1.807, 2.05) is 0 Å². The van der Waals surface area contributed by atoms with E-state index in [9.17, 15) is 0 Å². The van der Waals surface area contributed by atoms with Crippen LogP contribution in [0.5, 0.6) is 11.5 Å². The molecule has 6 aliphatic heterocycles. The third-order valence-corrected chi connectivity index (χ3v) is 29.0. The van der Waals surface area contributed by atoms with Gasteiger partial charge in [-0.05, 0) is 292 Å². The summed E-state index contributed by atoms with van der Waals surface area (Å²) in [6, 6.07) is 89.1. The third-order valence-electron chi connectivity index (χ3n) is 27.5. The van der Waals surface area contributed by atoms with Crippen molar-refractivity contribution in [3.05, 3.63) is 286 Å². The molecule has 116 heavy (non-hydrogen) atoms. The number of benzene rings is 15. The van der Waals surface area contributed by atoms with Gasteiger partial charge in [-0.2, -0.15) is 0 Å². The Labute approximate surface area is 679 Å². The van der Waals surface area contributed by atoms with Crippen LogP contribution in [0.15, 0.2) is 224 Å². The molecule has 7 aliphatic rings. The van der Waals surface area contributed by atoms with Crippen LogP contribution in [0.1, 0.15) is 61.2 Å². The van der Waals surface area contributed by atoms with Crippen molar-refractivity contribution in [2.45, 2.75) is 68.7 Å². The Morgan fingerprint density at radius 1 is 0.284 bits per heavy atom. The Hall–Kier alpha value is -12.6. The lowest BCUT2D eigenvalue weighted by atomic mass is 9.29. The fraction of sp³-hybridized carbons (Fsp3) is 0.118. The molecular weight excluding hydrogens is 1450 g/mol. The zero-order valence-electron chi connectivity index (χ0n) is 66.2. The number of aryl methyl sites for hydroxylation is 9. The van der Waals surface area contributed by atoms with Crippen LogP contribution in [0.2, 0.25) is 0 Å². The van der Waals surface area contributed by atoms with Crippen molar-refractivity contribution >= 4 is 236 Å². The molecule has 0 saturated carbocycles. The number of nitrogens with zero attached hydrogens (tertiary/aromatic N) is 7. The van der Waals surface area contributed by atoms with Gasteiger partial charge in [0.1, 0.15) is 11.5 Å². The largest absolute Gasteiger partial charge is 0.458 e. The molecule has 20 aromatic rings.